The molecule has 0 radical (unpaired) electrons. The minimum absolute atomic E-state index is 0.0304. The Kier molecular flexibility index (Phi) is 20.0. The van der Waals surface area contributed by atoms with Gasteiger partial charge < -0.3 is 54.7 Å². The van der Waals surface area contributed by atoms with Crippen LogP contribution in [-0.4, -0.2) is 244 Å². The molecule has 54 heavy (non-hydrogen) atoms. The molecule has 0 aliphatic heterocycles. The highest BCUT2D eigenvalue weighted by molar-refractivity contribution is 5.93. The lowest BCUT2D eigenvalue weighted by molar-refractivity contribution is -0.146. The molecule has 0 saturated carbocycles. The normalized spacial score (nSPS) is 10.3. The molecule has 0 aromatic heterocycles. The van der Waals surface area contributed by atoms with E-state index in [4.69, 9.17) is 5.73 Å². The molecule has 0 aliphatic carbocycles. The van der Waals surface area contributed by atoms with E-state index in [0.717, 1.165) is 39.2 Å². The van der Waals surface area contributed by atoms with Crippen LogP contribution < -0.4 is 5.73 Å². The second-order valence-electron chi connectivity index (χ2n) is 13.3. The number of primary amides is 1. The van der Waals surface area contributed by atoms with Crippen LogP contribution in [0.25, 0.3) is 0 Å². The highest BCUT2D eigenvalue weighted by Gasteiger charge is 2.26. The molecule has 0 rings (SSSR count). The number of nitrogens with zero attached hydrogens (tertiary/aromatic N) is 10. The molecule has 0 atom stereocenters. The molecular weight excluding hydrogens is 710 g/mol. The van der Waals surface area contributed by atoms with Gasteiger partial charge in [-0.15, -0.1) is 0 Å². The van der Waals surface area contributed by atoms with Crippen molar-refractivity contribution >= 4 is 59.1 Å². The van der Waals surface area contributed by atoms with Crippen LogP contribution in [0.3, 0.4) is 0 Å². The van der Waals surface area contributed by atoms with E-state index in [0.29, 0.717) is 5.70 Å². The summed E-state index contributed by atoms with van der Waals surface area (Å²) in [5.41, 5.74) is 5.75. The molecule has 0 unspecified atom stereocenters. The summed E-state index contributed by atoms with van der Waals surface area (Å²) in [4.78, 5) is 136. The molecular formula is C33H57N11O10. The highest BCUT2D eigenvalue weighted by Crippen LogP contribution is 2.01. The molecule has 0 aliphatic rings. The summed E-state index contributed by atoms with van der Waals surface area (Å²) >= 11 is 0. The van der Waals surface area contributed by atoms with Crippen LogP contribution in [0.15, 0.2) is 12.3 Å². The van der Waals surface area contributed by atoms with E-state index in [2.05, 4.69) is 6.58 Å². The van der Waals surface area contributed by atoms with E-state index in [1.54, 1.807) is 18.9 Å². The monoisotopic (exact) mass is 767 g/mol. The van der Waals surface area contributed by atoms with Crippen LogP contribution in [0.1, 0.15) is 6.92 Å². The maximum atomic E-state index is 12.8. The Morgan fingerprint density at radius 2 is 0.444 bits per heavy atom. The molecule has 0 spiro atoms. The van der Waals surface area contributed by atoms with Crippen molar-refractivity contribution in [1.29, 1.82) is 0 Å². The first kappa shape index (κ1) is 48.2. The topological polar surface area (TPSA) is 229 Å². The van der Waals surface area contributed by atoms with Gasteiger partial charge in [-0.2, -0.15) is 0 Å². The van der Waals surface area contributed by atoms with E-state index in [9.17, 15) is 47.9 Å². The molecule has 10 amide bonds. The van der Waals surface area contributed by atoms with Crippen LogP contribution in [0.4, 0.5) is 0 Å². The number of hydrogen-bond acceptors (Lipinski definition) is 11. The molecule has 0 saturated heterocycles. The third-order valence-corrected chi connectivity index (χ3v) is 8.23. The van der Waals surface area contributed by atoms with E-state index in [1.165, 1.54) is 68.3 Å². The van der Waals surface area contributed by atoms with E-state index in [-0.39, 0.29) is 38.6 Å². The van der Waals surface area contributed by atoms with Gasteiger partial charge in [0, 0.05) is 76.2 Å². The fourth-order valence-corrected chi connectivity index (χ4v) is 4.07. The SMILES string of the molecule is C=C(C)N(C)CC(=O)N(C)CC(=O)N(C)CC(=O)N(C)CC(=O)N(C)CC(=O)N(C)CC(=O)N(C)CC(=O)N(C)CC(=O)N(C)CC(=O)N(C)CC(N)=O. The van der Waals surface area contributed by atoms with Crippen molar-refractivity contribution in [2.45, 2.75) is 6.92 Å². The zero-order valence-corrected chi connectivity index (χ0v) is 33.4. The van der Waals surface area contributed by atoms with E-state index >= 15 is 0 Å². The molecule has 2 N–H and O–H groups in total. The fourth-order valence-electron chi connectivity index (χ4n) is 4.07. The maximum absolute atomic E-state index is 12.8. The molecule has 0 aromatic carbocycles. The summed E-state index contributed by atoms with van der Waals surface area (Å²) in [6.07, 6.45) is 0. The molecule has 21 heteroatoms. The summed E-state index contributed by atoms with van der Waals surface area (Å²) < 4.78 is 0. The summed E-state index contributed by atoms with van der Waals surface area (Å²) in [5, 5.41) is 0. The number of carbonyl (C=O) groups is 10. The standard InChI is InChI=1S/C33H57N11O10/c1-23(2)35(3)14-25(46)37(5)16-27(48)39(7)18-29(50)41(9)20-31(52)43(11)22-33(54)44(12)21-32(53)42(10)19-30(51)40(8)17-28(49)38(6)15-26(47)36(4)13-24(34)45/h1,13-22H2,2-12H3,(H2,34,45). The number of carbonyl (C=O) groups excluding carboxylic acids is 10. The Labute approximate surface area is 316 Å². The van der Waals surface area contributed by atoms with Gasteiger partial charge in [0.15, 0.2) is 0 Å². The van der Waals surface area contributed by atoms with Gasteiger partial charge in [-0.25, -0.2) is 0 Å². The van der Waals surface area contributed by atoms with Crippen LogP contribution in [0.2, 0.25) is 0 Å². The third kappa shape index (κ3) is 17.2. The second-order valence-corrected chi connectivity index (χ2v) is 13.3. The Morgan fingerprint density at radius 3 is 0.574 bits per heavy atom. The third-order valence-electron chi connectivity index (χ3n) is 8.23. The molecule has 304 valence electrons. The average Bonchev–Trinajstić information content (AvgIpc) is 3.06. The Hall–Kier alpha value is -5.76. The Bertz CT molecular complexity index is 1460. The van der Waals surface area contributed by atoms with Crippen LogP contribution in [0, 0.1) is 0 Å². The predicted octanol–water partition coefficient (Wildman–Crippen LogP) is -4.94. The van der Waals surface area contributed by atoms with Crippen LogP contribution in [-0.2, 0) is 47.9 Å². The molecule has 0 aromatic rings. The van der Waals surface area contributed by atoms with Crippen molar-refractivity contribution in [3.05, 3.63) is 12.3 Å². The van der Waals surface area contributed by atoms with Gasteiger partial charge in [-0.3, -0.25) is 47.9 Å². The van der Waals surface area contributed by atoms with Crippen molar-refractivity contribution in [3.63, 3.8) is 0 Å². The minimum Gasteiger partial charge on any atom is -0.369 e. The summed E-state index contributed by atoms with van der Waals surface area (Å²) in [7, 11) is 14.0. The van der Waals surface area contributed by atoms with Gasteiger partial charge in [0.25, 0.3) is 0 Å². The van der Waals surface area contributed by atoms with Gasteiger partial charge in [0.05, 0.1) is 65.4 Å². The number of hydrogen-bond donors (Lipinski definition) is 1. The smallest absolute Gasteiger partial charge is 0.242 e. The average molecular weight is 768 g/mol. The van der Waals surface area contributed by atoms with Crippen molar-refractivity contribution in [2.75, 3.05) is 136 Å². The first-order valence-corrected chi connectivity index (χ1v) is 16.6. The van der Waals surface area contributed by atoms with Crippen molar-refractivity contribution in [2.24, 2.45) is 5.73 Å². The molecule has 0 heterocycles. The summed E-state index contributed by atoms with van der Waals surface area (Å²) in [6, 6.07) is 0. The number of nitrogens with two attached hydrogens (primary N) is 1. The Balaban J connectivity index is 4.87. The zero-order chi connectivity index (χ0) is 42.2. The molecule has 21 nitrogen and oxygen atoms in total. The number of amides is 10. The van der Waals surface area contributed by atoms with Gasteiger partial charge >= 0.3 is 0 Å². The van der Waals surface area contributed by atoms with Crippen LogP contribution >= 0.6 is 0 Å². The first-order valence-electron chi connectivity index (χ1n) is 16.6. The maximum Gasteiger partial charge on any atom is 0.242 e. The van der Waals surface area contributed by atoms with Gasteiger partial charge in [0.1, 0.15) is 0 Å². The predicted molar refractivity (Wildman–Crippen MR) is 195 cm³/mol. The summed E-state index contributed by atoms with van der Waals surface area (Å²) in [6.45, 7) is 2.16. The van der Waals surface area contributed by atoms with Crippen molar-refractivity contribution < 1.29 is 47.9 Å². The molecule has 0 bridgehead atoms. The van der Waals surface area contributed by atoms with Crippen molar-refractivity contribution in [1.82, 2.24) is 49.0 Å². The van der Waals surface area contributed by atoms with Crippen molar-refractivity contribution in [3.8, 4) is 0 Å². The summed E-state index contributed by atoms with van der Waals surface area (Å²) in [5.74, 6) is -5.57. The quantitative estimate of drug-likeness (QED) is 0.116. The second kappa shape index (κ2) is 22.3. The minimum atomic E-state index is -0.715. The lowest BCUT2D eigenvalue weighted by atomic mass is 10.3. The molecule has 0 fully saturated rings. The van der Waals surface area contributed by atoms with Gasteiger partial charge in [-0.05, 0) is 6.92 Å². The largest absolute Gasteiger partial charge is 0.369 e. The van der Waals surface area contributed by atoms with Gasteiger partial charge in [0.2, 0.25) is 59.1 Å². The lowest BCUT2D eigenvalue weighted by Crippen LogP contribution is -2.49. The first-order chi connectivity index (χ1) is 24.8. The highest BCUT2D eigenvalue weighted by atomic mass is 16.2. The number of rotatable bonds is 21. The van der Waals surface area contributed by atoms with E-state index in [1.807, 2.05) is 0 Å². The fraction of sp³-hybridized carbons (Fsp3) is 0.636. The lowest BCUT2D eigenvalue weighted by Gasteiger charge is -2.27. The van der Waals surface area contributed by atoms with Crippen LogP contribution in [0.5, 0.6) is 0 Å². The van der Waals surface area contributed by atoms with Gasteiger partial charge in [-0.1, -0.05) is 6.58 Å². The Morgan fingerprint density at radius 1 is 0.315 bits per heavy atom. The number of likely N-dealkylation sites (N-methyl/N-ethyl adjacent to an activating group) is 10. The zero-order valence-electron chi connectivity index (χ0n) is 33.4. The number of allylic oxidation sites excluding steroid dienone is 1. The van der Waals surface area contributed by atoms with E-state index < -0.39 is 85.9 Å².